The van der Waals surface area contributed by atoms with E-state index in [0.717, 1.165) is 24.9 Å². The maximum atomic E-state index is 12.7. The van der Waals surface area contributed by atoms with Crippen molar-refractivity contribution >= 4 is 0 Å². The smallest absolute Gasteiger partial charge is 0.123 e. The highest BCUT2D eigenvalue weighted by atomic mass is 19.1. The molecule has 1 atom stereocenters. The molecular formula is C12H18FNO. The van der Waals surface area contributed by atoms with Gasteiger partial charge in [0.15, 0.2) is 0 Å². The van der Waals surface area contributed by atoms with Crippen LogP contribution in [0.4, 0.5) is 4.39 Å². The highest BCUT2D eigenvalue weighted by Gasteiger charge is 2.07. The van der Waals surface area contributed by atoms with Crippen molar-refractivity contribution in [2.75, 3.05) is 13.2 Å². The van der Waals surface area contributed by atoms with Crippen molar-refractivity contribution in [3.05, 3.63) is 35.6 Å². The SMILES string of the molecule is CC[C@H](NCCCO)c1ccc(F)cc1. The second-order valence-corrected chi connectivity index (χ2v) is 3.54. The molecule has 1 rings (SSSR count). The Kier molecular flexibility index (Phi) is 5.29. The van der Waals surface area contributed by atoms with Crippen LogP contribution in [0, 0.1) is 5.82 Å². The molecule has 0 aliphatic heterocycles. The molecule has 0 aliphatic rings. The van der Waals surface area contributed by atoms with Gasteiger partial charge >= 0.3 is 0 Å². The van der Waals surface area contributed by atoms with E-state index >= 15 is 0 Å². The number of aliphatic hydroxyl groups is 1. The third-order valence-corrected chi connectivity index (χ3v) is 2.41. The lowest BCUT2D eigenvalue weighted by Crippen LogP contribution is -2.22. The van der Waals surface area contributed by atoms with Crippen molar-refractivity contribution in [2.45, 2.75) is 25.8 Å². The Bertz CT molecular complexity index is 273. The molecule has 0 saturated carbocycles. The molecule has 3 heteroatoms. The van der Waals surface area contributed by atoms with Gasteiger partial charge in [0.1, 0.15) is 5.82 Å². The van der Waals surface area contributed by atoms with Crippen molar-refractivity contribution in [1.82, 2.24) is 5.32 Å². The summed E-state index contributed by atoms with van der Waals surface area (Å²) in [6, 6.07) is 6.81. The summed E-state index contributed by atoms with van der Waals surface area (Å²) in [6.07, 6.45) is 1.70. The van der Waals surface area contributed by atoms with Crippen LogP contribution in [0.15, 0.2) is 24.3 Å². The number of hydrogen-bond acceptors (Lipinski definition) is 2. The predicted molar refractivity (Wildman–Crippen MR) is 59.1 cm³/mol. The standard InChI is InChI=1S/C12H18FNO/c1-2-12(14-8-3-9-15)10-4-6-11(13)7-5-10/h4-7,12,14-15H,2-3,8-9H2,1H3/t12-/m0/s1. The second kappa shape index (κ2) is 6.53. The molecule has 2 nitrogen and oxygen atoms in total. The van der Waals surface area contributed by atoms with Gasteiger partial charge < -0.3 is 10.4 Å². The molecule has 84 valence electrons. The van der Waals surface area contributed by atoms with Gasteiger partial charge in [-0.3, -0.25) is 0 Å². The summed E-state index contributed by atoms with van der Waals surface area (Å²) in [5.41, 5.74) is 1.09. The molecule has 0 aromatic heterocycles. The van der Waals surface area contributed by atoms with Crippen LogP contribution in [-0.4, -0.2) is 18.3 Å². The van der Waals surface area contributed by atoms with Crippen LogP contribution in [0.2, 0.25) is 0 Å². The fraction of sp³-hybridized carbons (Fsp3) is 0.500. The first kappa shape index (κ1) is 12.1. The molecule has 1 aromatic rings. The summed E-state index contributed by atoms with van der Waals surface area (Å²) in [7, 11) is 0. The maximum Gasteiger partial charge on any atom is 0.123 e. The Hall–Kier alpha value is -0.930. The van der Waals surface area contributed by atoms with Crippen LogP contribution in [-0.2, 0) is 0 Å². The van der Waals surface area contributed by atoms with E-state index in [2.05, 4.69) is 12.2 Å². The molecule has 0 radical (unpaired) electrons. The van der Waals surface area contributed by atoms with Crippen molar-refractivity contribution in [3.63, 3.8) is 0 Å². The Morgan fingerprint density at radius 3 is 2.53 bits per heavy atom. The lowest BCUT2D eigenvalue weighted by atomic mass is 10.0. The van der Waals surface area contributed by atoms with Gasteiger partial charge in [-0.15, -0.1) is 0 Å². The van der Waals surface area contributed by atoms with Crippen molar-refractivity contribution in [1.29, 1.82) is 0 Å². The summed E-state index contributed by atoms with van der Waals surface area (Å²) in [5, 5.41) is 12.0. The van der Waals surface area contributed by atoms with Crippen LogP contribution in [0.3, 0.4) is 0 Å². The van der Waals surface area contributed by atoms with Gasteiger partial charge in [-0.05, 0) is 37.1 Å². The maximum absolute atomic E-state index is 12.7. The van der Waals surface area contributed by atoms with Crippen molar-refractivity contribution < 1.29 is 9.50 Å². The molecule has 0 fully saturated rings. The van der Waals surface area contributed by atoms with Gasteiger partial charge in [0.05, 0.1) is 0 Å². The molecule has 0 unspecified atom stereocenters. The van der Waals surface area contributed by atoms with Gasteiger partial charge in [0, 0.05) is 12.6 Å². The Morgan fingerprint density at radius 2 is 2.00 bits per heavy atom. The van der Waals surface area contributed by atoms with E-state index in [0.29, 0.717) is 0 Å². The summed E-state index contributed by atoms with van der Waals surface area (Å²) in [6.45, 7) is 3.07. The van der Waals surface area contributed by atoms with Crippen molar-refractivity contribution in [2.24, 2.45) is 0 Å². The number of nitrogens with one attached hydrogen (secondary N) is 1. The van der Waals surface area contributed by atoms with Crippen LogP contribution >= 0.6 is 0 Å². The predicted octanol–water partition coefficient (Wildman–Crippen LogP) is 2.25. The fourth-order valence-electron chi connectivity index (χ4n) is 1.55. The van der Waals surface area contributed by atoms with Crippen molar-refractivity contribution in [3.8, 4) is 0 Å². The highest BCUT2D eigenvalue weighted by Crippen LogP contribution is 2.16. The minimum Gasteiger partial charge on any atom is -0.396 e. The molecule has 0 spiro atoms. The highest BCUT2D eigenvalue weighted by molar-refractivity contribution is 5.19. The number of halogens is 1. The first-order chi connectivity index (χ1) is 7.27. The Labute approximate surface area is 90.1 Å². The zero-order chi connectivity index (χ0) is 11.1. The average Bonchev–Trinajstić information content (AvgIpc) is 2.26. The number of aliphatic hydroxyl groups excluding tert-OH is 1. The van der Waals surface area contributed by atoms with Crippen LogP contribution in [0.25, 0.3) is 0 Å². The molecule has 0 aliphatic carbocycles. The zero-order valence-corrected chi connectivity index (χ0v) is 9.04. The molecule has 0 amide bonds. The van der Waals surface area contributed by atoms with E-state index in [9.17, 15) is 4.39 Å². The van der Waals surface area contributed by atoms with Gasteiger partial charge in [-0.1, -0.05) is 19.1 Å². The van der Waals surface area contributed by atoms with E-state index in [1.165, 1.54) is 12.1 Å². The average molecular weight is 211 g/mol. The van der Waals surface area contributed by atoms with E-state index < -0.39 is 0 Å². The molecule has 1 aromatic carbocycles. The molecule has 0 heterocycles. The quantitative estimate of drug-likeness (QED) is 0.707. The number of rotatable bonds is 6. The minimum absolute atomic E-state index is 0.201. The van der Waals surface area contributed by atoms with Gasteiger partial charge in [-0.25, -0.2) is 4.39 Å². The lowest BCUT2D eigenvalue weighted by molar-refractivity contribution is 0.283. The van der Waals surface area contributed by atoms with Gasteiger partial charge in [0.2, 0.25) is 0 Å². The minimum atomic E-state index is -0.205. The van der Waals surface area contributed by atoms with Crippen LogP contribution in [0.5, 0.6) is 0 Å². The zero-order valence-electron chi connectivity index (χ0n) is 9.04. The van der Waals surface area contributed by atoms with Gasteiger partial charge in [-0.2, -0.15) is 0 Å². The van der Waals surface area contributed by atoms with E-state index in [1.807, 2.05) is 0 Å². The first-order valence-corrected chi connectivity index (χ1v) is 5.37. The fourth-order valence-corrected chi connectivity index (χ4v) is 1.55. The normalized spacial score (nSPS) is 12.7. The lowest BCUT2D eigenvalue weighted by Gasteiger charge is -2.17. The summed E-state index contributed by atoms with van der Waals surface area (Å²) in [5.74, 6) is -0.205. The molecule has 0 saturated heterocycles. The summed E-state index contributed by atoms with van der Waals surface area (Å²) >= 11 is 0. The molecular weight excluding hydrogens is 193 g/mol. The summed E-state index contributed by atoms with van der Waals surface area (Å²) < 4.78 is 12.7. The van der Waals surface area contributed by atoms with Gasteiger partial charge in [0.25, 0.3) is 0 Å². The van der Waals surface area contributed by atoms with E-state index in [1.54, 1.807) is 12.1 Å². The van der Waals surface area contributed by atoms with Crippen LogP contribution in [0.1, 0.15) is 31.4 Å². The molecule has 2 N–H and O–H groups in total. The molecule has 15 heavy (non-hydrogen) atoms. The summed E-state index contributed by atoms with van der Waals surface area (Å²) in [4.78, 5) is 0. The largest absolute Gasteiger partial charge is 0.396 e. The number of benzene rings is 1. The Balaban J connectivity index is 2.53. The Morgan fingerprint density at radius 1 is 1.33 bits per heavy atom. The van der Waals surface area contributed by atoms with E-state index in [-0.39, 0.29) is 18.5 Å². The molecule has 0 bridgehead atoms. The monoisotopic (exact) mass is 211 g/mol. The first-order valence-electron chi connectivity index (χ1n) is 5.37. The second-order valence-electron chi connectivity index (χ2n) is 3.54. The number of hydrogen-bond donors (Lipinski definition) is 2. The third kappa shape index (κ3) is 3.98. The third-order valence-electron chi connectivity index (χ3n) is 2.41. The van der Waals surface area contributed by atoms with E-state index in [4.69, 9.17) is 5.11 Å². The van der Waals surface area contributed by atoms with Crippen LogP contribution < -0.4 is 5.32 Å². The topological polar surface area (TPSA) is 32.3 Å².